The molecule has 0 saturated heterocycles. The van der Waals surface area contributed by atoms with Gasteiger partial charge >= 0.3 is 0 Å². The summed E-state index contributed by atoms with van der Waals surface area (Å²) < 4.78 is 14.3. The normalized spacial score (nSPS) is 9.89. The molecule has 18 heavy (non-hydrogen) atoms. The number of halogens is 2. The lowest BCUT2D eigenvalue weighted by molar-refractivity contribution is 0.631. The fourth-order valence-corrected chi connectivity index (χ4v) is 2.03. The highest BCUT2D eigenvalue weighted by Gasteiger charge is 2.04. The largest absolute Gasteiger partial charge is 0.353 e. The van der Waals surface area contributed by atoms with Gasteiger partial charge in [0.2, 0.25) is 0 Å². The summed E-state index contributed by atoms with van der Waals surface area (Å²) in [4.78, 5) is 0. The quantitative estimate of drug-likeness (QED) is 0.886. The highest BCUT2D eigenvalue weighted by molar-refractivity contribution is 9.10. The minimum atomic E-state index is -0.296. The molecule has 0 unspecified atom stereocenters. The van der Waals surface area contributed by atoms with E-state index in [9.17, 15) is 4.39 Å². The average Bonchev–Trinajstić information content (AvgIpc) is 2.33. The number of nitriles is 1. The van der Waals surface area contributed by atoms with Crippen LogP contribution in [0.3, 0.4) is 0 Å². The van der Waals surface area contributed by atoms with Crippen LogP contribution in [-0.2, 0) is 0 Å². The lowest BCUT2D eigenvalue weighted by Gasteiger charge is -2.09. The summed E-state index contributed by atoms with van der Waals surface area (Å²) in [6.45, 7) is 1.84. The SMILES string of the molecule is Cc1ccc(Nc2ccc(C#N)c(Br)c2)c(F)c1. The van der Waals surface area contributed by atoms with E-state index in [1.165, 1.54) is 6.07 Å². The van der Waals surface area contributed by atoms with Crippen LogP contribution in [0, 0.1) is 24.1 Å². The van der Waals surface area contributed by atoms with E-state index < -0.39 is 0 Å². The van der Waals surface area contributed by atoms with E-state index in [0.717, 1.165) is 11.3 Å². The first-order valence-corrected chi connectivity index (χ1v) is 6.12. The number of benzene rings is 2. The van der Waals surface area contributed by atoms with Gasteiger partial charge in [0.25, 0.3) is 0 Å². The Morgan fingerprint density at radius 3 is 2.61 bits per heavy atom. The molecule has 0 heterocycles. The first-order chi connectivity index (χ1) is 8.60. The first-order valence-electron chi connectivity index (χ1n) is 5.33. The molecule has 0 radical (unpaired) electrons. The summed E-state index contributed by atoms with van der Waals surface area (Å²) in [7, 11) is 0. The lowest BCUT2D eigenvalue weighted by atomic mass is 10.2. The Morgan fingerprint density at radius 2 is 2.00 bits per heavy atom. The van der Waals surface area contributed by atoms with E-state index in [-0.39, 0.29) is 5.82 Å². The molecule has 0 aliphatic heterocycles. The van der Waals surface area contributed by atoms with Gasteiger partial charge in [-0.25, -0.2) is 4.39 Å². The maximum Gasteiger partial charge on any atom is 0.146 e. The minimum absolute atomic E-state index is 0.296. The summed E-state index contributed by atoms with van der Waals surface area (Å²) in [5.41, 5.74) is 2.56. The Kier molecular flexibility index (Phi) is 3.63. The van der Waals surface area contributed by atoms with E-state index in [1.54, 1.807) is 24.3 Å². The van der Waals surface area contributed by atoms with Crippen LogP contribution in [0.15, 0.2) is 40.9 Å². The molecule has 0 aliphatic rings. The summed E-state index contributed by atoms with van der Waals surface area (Å²) in [5.74, 6) is -0.296. The zero-order valence-electron chi connectivity index (χ0n) is 9.67. The molecule has 2 rings (SSSR count). The second-order valence-electron chi connectivity index (χ2n) is 3.91. The van der Waals surface area contributed by atoms with Gasteiger partial charge in [-0.3, -0.25) is 0 Å². The van der Waals surface area contributed by atoms with Crippen molar-refractivity contribution in [3.63, 3.8) is 0 Å². The van der Waals surface area contributed by atoms with Crippen LogP contribution in [0.5, 0.6) is 0 Å². The molecule has 0 bridgehead atoms. The van der Waals surface area contributed by atoms with Crippen LogP contribution in [0.1, 0.15) is 11.1 Å². The Morgan fingerprint density at radius 1 is 1.22 bits per heavy atom. The van der Waals surface area contributed by atoms with Crippen molar-refractivity contribution in [2.45, 2.75) is 6.92 Å². The Hall–Kier alpha value is -1.86. The van der Waals surface area contributed by atoms with E-state index in [4.69, 9.17) is 5.26 Å². The van der Waals surface area contributed by atoms with Gasteiger partial charge in [0.05, 0.1) is 11.3 Å². The van der Waals surface area contributed by atoms with Crippen molar-refractivity contribution in [1.29, 1.82) is 5.26 Å². The fourth-order valence-electron chi connectivity index (χ4n) is 1.56. The zero-order chi connectivity index (χ0) is 13.1. The molecule has 0 fully saturated rings. The van der Waals surface area contributed by atoms with Crippen LogP contribution in [0.2, 0.25) is 0 Å². The summed E-state index contributed by atoms with van der Waals surface area (Å²) in [5, 5.41) is 11.8. The number of rotatable bonds is 2. The molecule has 0 atom stereocenters. The Labute approximate surface area is 113 Å². The summed E-state index contributed by atoms with van der Waals surface area (Å²) >= 11 is 3.29. The smallest absolute Gasteiger partial charge is 0.146 e. The number of hydrogen-bond acceptors (Lipinski definition) is 2. The van der Waals surface area contributed by atoms with Crippen molar-refractivity contribution in [3.05, 3.63) is 57.8 Å². The van der Waals surface area contributed by atoms with Crippen molar-refractivity contribution in [2.75, 3.05) is 5.32 Å². The molecular formula is C14H10BrFN2. The van der Waals surface area contributed by atoms with Gasteiger partial charge in [-0.2, -0.15) is 5.26 Å². The van der Waals surface area contributed by atoms with E-state index in [2.05, 4.69) is 27.3 Å². The molecule has 0 spiro atoms. The van der Waals surface area contributed by atoms with Gasteiger partial charge in [0.1, 0.15) is 11.9 Å². The predicted octanol–water partition coefficient (Wildman–Crippen LogP) is 4.51. The number of nitrogens with one attached hydrogen (secondary N) is 1. The highest BCUT2D eigenvalue weighted by Crippen LogP contribution is 2.25. The Bertz CT molecular complexity index is 632. The number of anilines is 2. The van der Waals surface area contributed by atoms with Crippen LogP contribution >= 0.6 is 15.9 Å². The van der Waals surface area contributed by atoms with Gasteiger partial charge in [-0.05, 0) is 58.7 Å². The van der Waals surface area contributed by atoms with Crippen molar-refractivity contribution in [3.8, 4) is 6.07 Å². The third-order valence-electron chi connectivity index (χ3n) is 2.49. The van der Waals surface area contributed by atoms with Crippen LogP contribution in [0.25, 0.3) is 0 Å². The summed E-state index contributed by atoms with van der Waals surface area (Å²) in [6, 6.07) is 12.2. The predicted molar refractivity (Wildman–Crippen MR) is 73.3 cm³/mol. The summed E-state index contributed by atoms with van der Waals surface area (Å²) in [6.07, 6.45) is 0. The number of nitrogens with zero attached hydrogens (tertiary/aromatic N) is 1. The maximum atomic E-state index is 13.7. The molecule has 0 aromatic heterocycles. The second-order valence-corrected chi connectivity index (χ2v) is 4.77. The van der Waals surface area contributed by atoms with Gasteiger partial charge in [-0.1, -0.05) is 6.07 Å². The van der Waals surface area contributed by atoms with E-state index in [0.29, 0.717) is 15.7 Å². The molecule has 0 saturated carbocycles. The van der Waals surface area contributed by atoms with Crippen molar-refractivity contribution in [2.24, 2.45) is 0 Å². The first kappa shape index (κ1) is 12.6. The second kappa shape index (κ2) is 5.19. The molecule has 2 nitrogen and oxygen atoms in total. The van der Waals surface area contributed by atoms with Crippen molar-refractivity contribution >= 4 is 27.3 Å². The van der Waals surface area contributed by atoms with Crippen molar-refractivity contribution < 1.29 is 4.39 Å². The van der Waals surface area contributed by atoms with E-state index in [1.807, 2.05) is 13.0 Å². The molecule has 0 amide bonds. The maximum absolute atomic E-state index is 13.7. The monoisotopic (exact) mass is 304 g/mol. The Balaban J connectivity index is 2.29. The highest BCUT2D eigenvalue weighted by atomic mass is 79.9. The molecular weight excluding hydrogens is 295 g/mol. The molecule has 2 aromatic carbocycles. The van der Waals surface area contributed by atoms with Crippen molar-refractivity contribution in [1.82, 2.24) is 0 Å². The third-order valence-corrected chi connectivity index (χ3v) is 3.15. The topological polar surface area (TPSA) is 35.8 Å². The van der Waals surface area contributed by atoms with Gasteiger partial charge in [0.15, 0.2) is 0 Å². The molecule has 2 aromatic rings. The molecule has 4 heteroatoms. The number of hydrogen-bond donors (Lipinski definition) is 1. The molecule has 90 valence electrons. The molecule has 0 aliphatic carbocycles. The van der Waals surface area contributed by atoms with Crippen LogP contribution in [-0.4, -0.2) is 0 Å². The van der Waals surface area contributed by atoms with Gasteiger partial charge < -0.3 is 5.32 Å². The fraction of sp³-hybridized carbons (Fsp3) is 0.0714. The lowest BCUT2D eigenvalue weighted by Crippen LogP contribution is -1.94. The van der Waals surface area contributed by atoms with Crippen LogP contribution < -0.4 is 5.32 Å². The minimum Gasteiger partial charge on any atom is -0.353 e. The van der Waals surface area contributed by atoms with Gasteiger partial charge in [0, 0.05) is 10.2 Å². The standard InChI is InChI=1S/C14H10BrFN2/c1-9-2-5-14(13(16)6-9)18-11-4-3-10(8-17)12(15)7-11/h2-7,18H,1H3. The average molecular weight is 305 g/mol. The van der Waals surface area contributed by atoms with Gasteiger partial charge in [-0.15, -0.1) is 0 Å². The van der Waals surface area contributed by atoms with E-state index >= 15 is 0 Å². The van der Waals surface area contributed by atoms with Crippen LogP contribution in [0.4, 0.5) is 15.8 Å². The molecule has 1 N–H and O–H groups in total. The number of aryl methyl sites for hydroxylation is 1. The zero-order valence-corrected chi connectivity index (χ0v) is 11.3. The third kappa shape index (κ3) is 2.69.